The summed E-state index contributed by atoms with van der Waals surface area (Å²) in [6, 6.07) is 15.8. The van der Waals surface area contributed by atoms with E-state index in [1.807, 2.05) is 24.3 Å². The monoisotopic (exact) mass is 529 g/mol. The van der Waals surface area contributed by atoms with Crippen molar-refractivity contribution in [3.63, 3.8) is 0 Å². The van der Waals surface area contributed by atoms with Gasteiger partial charge in [0.2, 0.25) is 0 Å². The number of hydrogen-bond donors (Lipinski definition) is 0. The van der Waals surface area contributed by atoms with Crippen molar-refractivity contribution >= 4 is 5.97 Å². The number of unbranched alkanes of at least 4 members (excludes halogenated alkanes) is 10. The van der Waals surface area contributed by atoms with Gasteiger partial charge in [0.1, 0.15) is 11.8 Å². The van der Waals surface area contributed by atoms with Crippen LogP contribution < -0.4 is 4.74 Å². The number of carbonyl (C=O) groups excluding carboxylic acids is 1. The van der Waals surface area contributed by atoms with Crippen LogP contribution in [0.4, 0.5) is 0 Å². The van der Waals surface area contributed by atoms with Crippen LogP contribution in [-0.4, -0.2) is 5.97 Å². The van der Waals surface area contributed by atoms with Gasteiger partial charge in [-0.3, -0.25) is 0 Å². The molecule has 39 heavy (non-hydrogen) atoms. The molecular formula is C36H51NO2. The highest BCUT2D eigenvalue weighted by molar-refractivity contribution is 5.91. The lowest BCUT2D eigenvalue weighted by Crippen LogP contribution is -2.14. The molecule has 2 aromatic carbocycles. The fraction of sp³-hybridized carbons (Fsp3) is 0.611. The Morgan fingerprint density at radius 3 is 2.05 bits per heavy atom. The Kier molecular flexibility index (Phi) is 14.2. The second kappa shape index (κ2) is 17.9. The maximum atomic E-state index is 12.9. The minimum Gasteiger partial charge on any atom is -0.422 e. The Bertz CT molecular complexity index is 1010. The van der Waals surface area contributed by atoms with E-state index in [0.29, 0.717) is 22.8 Å². The number of carbonyl (C=O) groups is 1. The van der Waals surface area contributed by atoms with Gasteiger partial charge in [0, 0.05) is 0 Å². The number of esters is 1. The van der Waals surface area contributed by atoms with Crippen LogP contribution in [0.5, 0.6) is 5.75 Å². The summed E-state index contributed by atoms with van der Waals surface area (Å²) in [7, 11) is 0. The van der Waals surface area contributed by atoms with E-state index < -0.39 is 5.97 Å². The number of nitriles is 1. The standard InChI is InChI=1S/C36H51NO2/c1-3-5-7-9-10-11-12-14-16-30-19-26-35(34(27-30)28-37)39-36(38)33-24-22-32(23-25-33)31-20-17-29(18-21-31)15-13-8-6-4-2/h19,22-27,29,31H,3-18,20-21H2,1-2H3. The Hall–Kier alpha value is -2.60. The molecule has 0 atom stereocenters. The molecule has 0 unspecified atom stereocenters. The summed E-state index contributed by atoms with van der Waals surface area (Å²) in [4.78, 5) is 12.9. The van der Waals surface area contributed by atoms with Gasteiger partial charge in [-0.1, -0.05) is 109 Å². The molecule has 1 aliphatic rings. The van der Waals surface area contributed by atoms with E-state index in [0.717, 1.165) is 24.3 Å². The summed E-state index contributed by atoms with van der Waals surface area (Å²) in [5, 5.41) is 9.67. The van der Waals surface area contributed by atoms with Gasteiger partial charge in [0.15, 0.2) is 0 Å². The van der Waals surface area contributed by atoms with Gasteiger partial charge in [0.05, 0.1) is 11.1 Å². The van der Waals surface area contributed by atoms with E-state index in [4.69, 9.17) is 4.74 Å². The zero-order valence-electron chi connectivity index (χ0n) is 24.7. The molecule has 3 heteroatoms. The van der Waals surface area contributed by atoms with Crippen molar-refractivity contribution in [2.45, 2.75) is 135 Å². The van der Waals surface area contributed by atoms with Crippen molar-refractivity contribution in [3.05, 3.63) is 64.7 Å². The third-order valence-electron chi connectivity index (χ3n) is 8.62. The molecule has 3 nitrogen and oxygen atoms in total. The van der Waals surface area contributed by atoms with E-state index in [9.17, 15) is 10.1 Å². The number of hydrogen-bond acceptors (Lipinski definition) is 3. The Morgan fingerprint density at radius 2 is 1.41 bits per heavy atom. The predicted octanol–water partition coefficient (Wildman–Crippen LogP) is 10.7. The maximum Gasteiger partial charge on any atom is 0.343 e. The molecule has 0 spiro atoms. The molecule has 0 heterocycles. The highest BCUT2D eigenvalue weighted by atomic mass is 16.5. The van der Waals surface area contributed by atoms with E-state index in [2.05, 4.69) is 32.0 Å². The summed E-state index contributed by atoms with van der Waals surface area (Å²) in [5.41, 5.74) is 3.44. The van der Waals surface area contributed by atoms with Crippen LogP contribution in [0.15, 0.2) is 42.5 Å². The number of ether oxygens (including phenoxy) is 1. The van der Waals surface area contributed by atoms with Crippen molar-refractivity contribution in [1.29, 1.82) is 5.26 Å². The zero-order chi connectivity index (χ0) is 27.7. The van der Waals surface area contributed by atoms with Crippen LogP contribution in [0.2, 0.25) is 0 Å². The van der Waals surface area contributed by atoms with Crippen molar-refractivity contribution in [3.8, 4) is 11.8 Å². The molecule has 0 amide bonds. The quantitative estimate of drug-likeness (QED) is 0.116. The van der Waals surface area contributed by atoms with E-state index in [1.54, 1.807) is 6.07 Å². The summed E-state index contributed by atoms with van der Waals surface area (Å²) in [5.74, 6) is 1.45. The van der Waals surface area contributed by atoms with Crippen LogP contribution in [0.25, 0.3) is 0 Å². The van der Waals surface area contributed by atoms with Gasteiger partial charge in [0.25, 0.3) is 0 Å². The highest BCUT2D eigenvalue weighted by Crippen LogP contribution is 2.38. The lowest BCUT2D eigenvalue weighted by Gasteiger charge is -2.29. The fourth-order valence-electron chi connectivity index (χ4n) is 6.07. The lowest BCUT2D eigenvalue weighted by molar-refractivity contribution is 0.0734. The zero-order valence-corrected chi connectivity index (χ0v) is 24.7. The topological polar surface area (TPSA) is 50.1 Å². The Morgan fingerprint density at radius 1 is 0.795 bits per heavy atom. The maximum absolute atomic E-state index is 12.9. The molecule has 212 valence electrons. The lowest BCUT2D eigenvalue weighted by atomic mass is 9.77. The third kappa shape index (κ3) is 10.8. The van der Waals surface area contributed by atoms with Gasteiger partial charge in [-0.15, -0.1) is 0 Å². The van der Waals surface area contributed by atoms with Crippen LogP contribution >= 0.6 is 0 Å². The number of aryl methyl sites for hydroxylation is 1. The molecule has 3 rings (SSSR count). The first-order chi connectivity index (χ1) is 19.1. The molecular weight excluding hydrogens is 478 g/mol. The molecule has 0 N–H and O–H groups in total. The van der Waals surface area contributed by atoms with Crippen molar-refractivity contribution in [2.24, 2.45) is 5.92 Å². The van der Waals surface area contributed by atoms with Crippen LogP contribution in [0, 0.1) is 17.2 Å². The predicted molar refractivity (Wildman–Crippen MR) is 162 cm³/mol. The second-order valence-corrected chi connectivity index (χ2v) is 11.7. The van der Waals surface area contributed by atoms with E-state index >= 15 is 0 Å². The molecule has 0 radical (unpaired) electrons. The van der Waals surface area contributed by atoms with E-state index in [1.165, 1.54) is 108 Å². The van der Waals surface area contributed by atoms with Crippen LogP contribution in [0.1, 0.15) is 156 Å². The Balaban J connectivity index is 1.43. The molecule has 2 aromatic rings. The van der Waals surface area contributed by atoms with Gasteiger partial charge in [-0.05, 0) is 85.8 Å². The highest BCUT2D eigenvalue weighted by Gasteiger charge is 2.22. The number of nitrogens with zero attached hydrogens (tertiary/aromatic N) is 1. The van der Waals surface area contributed by atoms with Crippen LogP contribution in [-0.2, 0) is 6.42 Å². The molecule has 1 saturated carbocycles. The molecule has 0 saturated heterocycles. The Labute approximate surface area is 238 Å². The first kappa shape index (κ1) is 30.9. The van der Waals surface area contributed by atoms with Crippen molar-refractivity contribution < 1.29 is 9.53 Å². The average Bonchev–Trinajstić information content (AvgIpc) is 2.97. The molecule has 0 bridgehead atoms. The SMILES string of the molecule is CCCCCCCCCCc1ccc(OC(=O)c2ccc(C3CCC(CCCCCC)CC3)cc2)c(C#N)c1. The number of rotatable bonds is 17. The first-order valence-electron chi connectivity index (χ1n) is 16.0. The minimum atomic E-state index is -0.398. The van der Waals surface area contributed by atoms with Crippen molar-refractivity contribution in [2.75, 3.05) is 0 Å². The normalized spacial score (nSPS) is 17.1. The van der Waals surface area contributed by atoms with Gasteiger partial charge < -0.3 is 4.74 Å². The summed E-state index contributed by atoms with van der Waals surface area (Å²) >= 11 is 0. The van der Waals surface area contributed by atoms with Crippen LogP contribution in [0.3, 0.4) is 0 Å². The molecule has 1 fully saturated rings. The largest absolute Gasteiger partial charge is 0.422 e. The average molecular weight is 530 g/mol. The third-order valence-corrected chi connectivity index (χ3v) is 8.62. The van der Waals surface area contributed by atoms with E-state index in [-0.39, 0.29) is 0 Å². The molecule has 1 aliphatic carbocycles. The summed E-state index contributed by atoms with van der Waals surface area (Å²) < 4.78 is 5.66. The smallest absolute Gasteiger partial charge is 0.343 e. The number of benzene rings is 2. The van der Waals surface area contributed by atoms with Crippen molar-refractivity contribution in [1.82, 2.24) is 0 Å². The van der Waals surface area contributed by atoms with Gasteiger partial charge in [-0.25, -0.2) is 4.79 Å². The minimum absolute atomic E-state index is 0.350. The molecule has 0 aromatic heterocycles. The van der Waals surface area contributed by atoms with Gasteiger partial charge in [-0.2, -0.15) is 5.26 Å². The summed E-state index contributed by atoms with van der Waals surface area (Å²) in [6.07, 6.45) is 23.2. The first-order valence-corrected chi connectivity index (χ1v) is 16.0. The second-order valence-electron chi connectivity index (χ2n) is 11.7. The van der Waals surface area contributed by atoms with Gasteiger partial charge >= 0.3 is 5.97 Å². The fourth-order valence-corrected chi connectivity index (χ4v) is 6.07. The molecule has 0 aliphatic heterocycles. The summed E-state index contributed by atoms with van der Waals surface area (Å²) in [6.45, 7) is 4.52.